The molecule has 1 saturated carbocycles. The van der Waals surface area contributed by atoms with Gasteiger partial charge in [0, 0.05) is 22.7 Å². The summed E-state index contributed by atoms with van der Waals surface area (Å²) >= 11 is 2.68. The van der Waals surface area contributed by atoms with Crippen molar-refractivity contribution in [1.82, 2.24) is 5.32 Å². The second kappa shape index (κ2) is 10.7. The van der Waals surface area contributed by atoms with Crippen LogP contribution in [0.15, 0.2) is 22.9 Å². The molecule has 10 heteroatoms. The van der Waals surface area contributed by atoms with Crippen molar-refractivity contribution in [2.45, 2.75) is 51.5 Å². The van der Waals surface area contributed by atoms with Gasteiger partial charge in [0.25, 0.3) is 5.91 Å². The number of carbonyl (C=O) groups is 4. The zero-order chi connectivity index (χ0) is 23.1. The van der Waals surface area contributed by atoms with E-state index in [1.807, 2.05) is 17.5 Å². The third-order valence-electron chi connectivity index (χ3n) is 5.16. The quantitative estimate of drug-likeness (QED) is 0.556. The van der Waals surface area contributed by atoms with Gasteiger partial charge in [-0.3, -0.25) is 9.59 Å². The van der Waals surface area contributed by atoms with Crippen LogP contribution in [0.3, 0.4) is 0 Å². The summed E-state index contributed by atoms with van der Waals surface area (Å²) in [6.45, 7) is 2.75. The summed E-state index contributed by atoms with van der Waals surface area (Å²) in [4.78, 5) is 50.3. The van der Waals surface area contributed by atoms with Crippen LogP contribution in [0.2, 0.25) is 0 Å². The summed E-state index contributed by atoms with van der Waals surface area (Å²) in [5, 5.41) is 9.40. The lowest BCUT2D eigenvalue weighted by molar-refractivity contribution is -0.157. The Balaban J connectivity index is 1.70. The van der Waals surface area contributed by atoms with E-state index in [0.29, 0.717) is 23.4 Å². The van der Waals surface area contributed by atoms with E-state index in [0.717, 1.165) is 24.1 Å². The molecule has 0 aliphatic heterocycles. The highest BCUT2D eigenvalue weighted by molar-refractivity contribution is 7.17. The van der Waals surface area contributed by atoms with Crippen LogP contribution < -0.4 is 10.6 Å². The molecule has 0 radical (unpaired) electrons. The molecular weight excluding hydrogens is 452 g/mol. The summed E-state index contributed by atoms with van der Waals surface area (Å²) in [7, 11) is 0. The monoisotopic (exact) mass is 478 g/mol. The number of anilines is 1. The van der Waals surface area contributed by atoms with E-state index in [-0.39, 0.29) is 18.1 Å². The molecule has 2 aromatic rings. The number of esters is 2. The number of hydrogen-bond donors (Lipinski definition) is 2. The van der Waals surface area contributed by atoms with Gasteiger partial charge in [-0.05, 0) is 31.2 Å². The third-order valence-corrected chi connectivity index (χ3v) is 6.96. The minimum absolute atomic E-state index is 0.203. The Labute approximate surface area is 194 Å². The Bertz CT molecular complexity index is 977. The Morgan fingerprint density at radius 2 is 1.84 bits per heavy atom. The van der Waals surface area contributed by atoms with Gasteiger partial charge in [-0.25, -0.2) is 9.59 Å². The van der Waals surface area contributed by atoms with E-state index in [9.17, 15) is 19.2 Å². The zero-order valence-electron chi connectivity index (χ0n) is 18.0. The molecule has 0 bridgehead atoms. The fourth-order valence-corrected chi connectivity index (χ4v) is 5.56. The van der Waals surface area contributed by atoms with Crippen molar-refractivity contribution in [2.24, 2.45) is 0 Å². The van der Waals surface area contributed by atoms with Crippen LogP contribution in [0.1, 0.15) is 56.3 Å². The Morgan fingerprint density at radius 3 is 2.47 bits per heavy atom. The highest BCUT2D eigenvalue weighted by Crippen LogP contribution is 2.38. The van der Waals surface area contributed by atoms with E-state index in [2.05, 4.69) is 10.6 Å². The summed E-state index contributed by atoms with van der Waals surface area (Å²) in [6, 6.07) is 3.76. The molecule has 0 spiro atoms. The Hall–Kier alpha value is -2.72. The van der Waals surface area contributed by atoms with Gasteiger partial charge in [-0.2, -0.15) is 0 Å². The molecule has 1 fully saturated rings. The molecule has 2 aromatic heterocycles. The number of hydrogen-bond acceptors (Lipinski definition) is 8. The summed E-state index contributed by atoms with van der Waals surface area (Å²) in [5.74, 6) is -2.03. The molecule has 2 N–H and O–H groups in total. The minimum Gasteiger partial charge on any atom is -0.462 e. The van der Waals surface area contributed by atoms with Gasteiger partial charge in [-0.1, -0.05) is 25.3 Å². The van der Waals surface area contributed by atoms with E-state index < -0.39 is 30.0 Å². The molecule has 2 amide bonds. The van der Waals surface area contributed by atoms with Crippen LogP contribution in [0.4, 0.5) is 5.00 Å². The molecule has 0 atom stereocenters. The summed E-state index contributed by atoms with van der Waals surface area (Å²) in [5.41, 5.74) is -0.126. The fourth-order valence-electron chi connectivity index (χ4n) is 3.77. The number of carbonyl (C=O) groups excluding carboxylic acids is 4. The zero-order valence-corrected chi connectivity index (χ0v) is 19.7. The highest BCUT2D eigenvalue weighted by Gasteiger charge is 2.42. The number of ether oxygens (including phenoxy) is 2. The Kier molecular flexibility index (Phi) is 8.03. The fraction of sp³-hybridized carbons (Fsp3) is 0.455. The van der Waals surface area contributed by atoms with Crippen LogP contribution in [-0.2, 0) is 23.9 Å². The predicted molar refractivity (Wildman–Crippen MR) is 123 cm³/mol. The lowest BCUT2D eigenvalue weighted by atomic mass is 9.81. The second-order valence-corrected chi connectivity index (χ2v) is 9.33. The van der Waals surface area contributed by atoms with Gasteiger partial charge >= 0.3 is 11.9 Å². The first-order chi connectivity index (χ1) is 15.4. The van der Waals surface area contributed by atoms with Crippen molar-refractivity contribution in [3.63, 3.8) is 0 Å². The van der Waals surface area contributed by atoms with Gasteiger partial charge in [0.1, 0.15) is 16.1 Å². The van der Waals surface area contributed by atoms with E-state index in [1.54, 1.807) is 12.3 Å². The van der Waals surface area contributed by atoms with Crippen LogP contribution in [0, 0.1) is 0 Å². The number of nitrogens with one attached hydrogen (secondary N) is 2. The Morgan fingerprint density at radius 1 is 1.09 bits per heavy atom. The highest BCUT2D eigenvalue weighted by atomic mass is 32.1. The third kappa shape index (κ3) is 5.55. The van der Waals surface area contributed by atoms with Gasteiger partial charge < -0.3 is 20.1 Å². The van der Waals surface area contributed by atoms with Crippen molar-refractivity contribution in [3.8, 4) is 10.4 Å². The molecule has 3 rings (SSSR count). The summed E-state index contributed by atoms with van der Waals surface area (Å²) < 4.78 is 10.4. The van der Waals surface area contributed by atoms with Gasteiger partial charge in [0.15, 0.2) is 6.61 Å². The van der Waals surface area contributed by atoms with Crippen molar-refractivity contribution in [1.29, 1.82) is 0 Å². The molecule has 32 heavy (non-hydrogen) atoms. The van der Waals surface area contributed by atoms with Gasteiger partial charge in [-0.15, -0.1) is 22.7 Å². The maximum atomic E-state index is 12.7. The molecule has 2 heterocycles. The minimum atomic E-state index is -1.09. The van der Waals surface area contributed by atoms with E-state index in [1.165, 1.54) is 29.6 Å². The smallest absolute Gasteiger partial charge is 0.341 e. The van der Waals surface area contributed by atoms with Crippen molar-refractivity contribution in [2.75, 3.05) is 18.5 Å². The standard InChI is InChI=1S/C22H26N2O6S2/c1-3-29-20(27)18-15(16-8-7-11-31-16)13-32-19(18)23-17(26)12-30-21(28)22(24-14(2)25)9-5-4-6-10-22/h7-8,11,13H,3-6,9-10,12H2,1-2H3,(H,23,26)(H,24,25). The lowest BCUT2D eigenvalue weighted by Crippen LogP contribution is -2.56. The molecule has 1 aliphatic rings. The van der Waals surface area contributed by atoms with Crippen LogP contribution in [0.25, 0.3) is 10.4 Å². The summed E-state index contributed by atoms with van der Waals surface area (Å²) in [6.07, 6.45) is 3.54. The van der Waals surface area contributed by atoms with E-state index in [4.69, 9.17) is 9.47 Å². The maximum absolute atomic E-state index is 12.7. The molecule has 0 saturated heterocycles. The average molecular weight is 479 g/mol. The van der Waals surface area contributed by atoms with E-state index >= 15 is 0 Å². The first-order valence-corrected chi connectivity index (χ1v) is 12.2. The topological polar surface area (TPSA) is 111 Å². The molecule has 0 aromatic carbocycles. The molecular formula is C22H26N2O6S2. The van der Waals surface area contributed by atoms with Crippen molar-refractivity contribution in [3.05, 3.63) is 28.5 Å². The van der Waals surface area contributed by atoms with Gasteiger partial charge in [0.2, 0.25) is 5.91 Å². The maximum Gasteiger partial charge on any atom is 0.341 e. The number of thiophene rings is 2. The van der Waals surface area contributed by atoms with Crippen LogP contribution in [-0.4, -0.2) is 42.5 Å². The lowest BCUT2D eigenvalue weighted by Gasteiger charge is -2.35. The van der Waals surface area contributed by atoms with Crippen LogP contribution in [0.5, 0.6) is 0 Å². The number of rotatable bonds is 8. The van der Waals surface area contributed by atoms with Gasteiger partial charge in [0.05, 0.1) is 6.61 Å². The van der Waals surface area contributed by atoms with Crippen molar-refractivity contribution >= 4 is 51.4 Å². The largest absolute Gasteiger partial charge is 0.462 e. The predicted octanol–water partition coefficient (Wildman–Crippen LogP) is 3.97. The normalized spacial score (nSPS) is 14.9. The number of amides is 2. The molecule has 172 valence electrons. The molecule has 8 nitrogen and oxygen atoms in total. The van der Waals surface area contributed by atoms with Crippen LogP contribution >= 0.6 is 22.7 Å². The average Bonchev–Trinajstić information content (AvgIpc) is 3.42. The van der Waals surface area contributed by atoms with Crippen molar-refractivity contribution < 1.29 is 28.7 Å². The first-order valence-electron chi connectivity index (χ1n) is 10.4. The first kappa shape index (κ1) is 23.9. The molecule has 0 unspecified atom stereocenters. The SMILES string of the molecule is CCOC(=O)c1c(-c2cccs2)csc1NC(=O)COC(=O)C1(NC(C)=O)CCCCC1. The second-order valence-electron chi connectivity index (χ2n) is 7.50. The molecule has 1 aliphatic carbocycles.